The van der Waals surface area contributed by atoms with Crippen LogP contribution >= 0.6 is 24.0 Å². The number of hydrogen-bond donors (Lipinski definition) is 2. The SMILES string of the molecule is CSCCCC(=S)NO. The second kappa shape index (κ2) is 6.32. The van der Waals surface area contributed by atoms with Gasteiger partial charge in [0.15, 0.2) is 0 Å². The van der Waals surface area contributed by atoms with Crippen LogP contribution in [0.2, 0.25) is 0 Å². The highest BCUT2D eigenvalue weighted by atomic mass is 32.2. The molecule has 0 fully saturated rings. The maximum atomic E-state index is 8.24. The Kier molecular flexibility index (Phi) is 6.46. The molecule has 0 bridgehead atoms. The molecule has 2 N–H and O–H groups in total. The van der Waals surface area contributed by atoms with E-state index in [9.17, 15) is 0 Å². The van der Waals surface area contributed by atoms with Gasteiger partial charge in [0.05, 0.1) is 0 Å². The first-order valence-electron chi connectivity index (χ1n) is 2.73. The number of hydroxylamine groups is 1. The average molecular weight is 165 g/mol. The summed E-state index contributed by atoms with van der Waals surface area (Å²) in [6.45, 7) is 0. The molecule has 0 aliphatic heterocycles. The Morgan fingerprint density at radius 2 is 2.44 bits per heavy atom. The number of thioether (sulfide) groups is 1. The van der Waals surface area contributed by atoms with Crippen LogP contribution in [0.5, 0.6) is 0 Å². The fraction of sp³-hybridized carbons (Fsp3) is 0.800. The van der Waals surface area contributed by atoms with Crippen LogP contribution in [0.1, 0.15) is 12.8 Å². The Labute approximate surface area is 65.0 Å². The van der Waals surface area contributed by atoms with Crippen LogP contribution < -0.4 is 5.48 Å². The molecule has 2 nitrogen and oxygen atoms in total. The highest BCUT2D eigenvalue weighted by Gasteiger charge is 1.91. The van der Waals surface area contributed by atoms with Crippen molar-refractivity contribution in [1.29, 1.82) is 0 Å². The third-order valence-corrected chi connectivity index (χ3v) is 1.87. The molecular formula is C5H11NOS2. The molecule has 0 radical (unpaired) electrons. The van der Waals surface area contributed by atoms with E-state index < -0.39 is 0 Å². The molecule has 0 rings (SSSR count). The summed E-state index contributed by atoms with van der Waals surface area (Å²) in [5.74, 6) is 1.10. The van der Waals surface area contributed by atoms with E-state index in [1.165, 1.54) is 0 Å². The molecule has 0 heterocycles. The largest absolute Gasteiger partial charge is 0.291 e. The van der Waals surface area contributed by atoms with Crippen LogP contribution in [0.4, 0.5) is 0 Å². The van der Waals surface area contributed by atoms with Gasteiger partial charge in [0.25, 0.3) is 0 Å². The van der Waals surface area contributed by atoms with Gasteiger partial charge in [-0.15, -0.1) is 0 Å². The van der Waals surface area contributed by atoms with Crippen molar-refractivity contribution < 1.29 is 5.21 Å². The fourth-order valence-corrected chi connectivity index (χ4v) is 1.01. The van der Waals surface area contributed by atoms with Crippen molar-refractivity contribution >= 4 is 29.0 Å². The van der Waals surface area contributed by atoms with Crippen LogP contribution in [0.15, 0.2) is 0 Å². The second-order valence-corrected chi connectivity index (χ2v) is 3.11. The summed E-state index contributed by atoms with van der Waals surface area (Å²) in [5.41, 5.74) is 1.95. The van der Waals surface area contributed by atoms with E-state index in [-0.39, 0.29) is 0 Å². The van der Waals surface area contributed by atoms with Gasteiger partial charge in [0.1, 0.15) is 4.99 Å². The molecule has 0 aliphatic carbocycles. The van der Waals surface area contributed by atoms with Crippen molar-refractivity contribution in [3.63, 3.8) is 0 Å². The molecule has 0 saturated carbocycles. The average Bonchev–Trinajstić information content (AvgIpc) is 1.89. The quantitative estimate of drug-likeness (QED) is 0.375. The zero-order chi connectivity index (χ0) is 7.11. The van der Waals surface area contributed by atoms with Crippen molar-refractivity contribution in [2.24, 2.45) is 0 Å². The Balaban J connectivity index is 2.97. The van der Waals surface area contributed by atoms with Crippen molar-refractivity contribution in [3.8, 4) is 0 Å². The molecule has 0 aromatic carbocycles. The van der Waals surface area contributed by atoms with Crippen LogP contribution in [0.25, 0.3) is 0 Å². The van der Waals surface area contributed by atoms with Gasteiger partial charge in [-0.1, -0.05) is 12.2 Å². The monoisotopic (exact) mass is 165 g/mol. The molecular weight excluding hydrogens is 154 g/mol. The van der Waals surface area contributed by atoms with E-state index in [0.717, 1.165) is 18.6 Å². The van der Waals surface area contributed by atoms with Gasteiger partial charge in [-0.3, -0.25) is 10.7 Å². The van der Waals surface area contributed by atoms with E-state index in [1.807, 2.05) is 5.48 Å². The second-order valence-electron chi connectivity index (χ2n) is 1.63. The topological polar surface area (TPSA) is 32.3 Å². The zero-order valence-corrected chi connectivity index (χ0v) is 7.02. The molecule has 0 saturated heterocycles. The lowest BCUT2D eigenvalue weighted by molar-refractivity contribution is 0.234. The molecule has 0 aromatic rings. The first-order valence-corrected chi connectivity index (χ1v) is 4.53. The minimum atomic E-state index is 0.532. The van der Waals surface area contributed by atoms with E-state index in [2.05, 4.69) is 6.26 Å². The van der Waals surface area contributed by atoms with Crippen LogP contribution in [-0.2, 0) is 0 Å². The van der Waals surface area contributed by atoms with Crippen LogP contribution in [0, 0.1) is 0 Å². The molecule has 4 heteroatoms. The maximum Gasteiger partial charge on any atom is 0.100 e. The summed E-state index contributed by atoms with van der Waals surface area (Å²) in [6.07, 6.45) is 3.87. The molecule has 0 unspecified atom stereocenters. The molecule has 0 aromatic heterocycles. The lowest BCUT2D eigenvalue weighted by Crippen LogP contribution is -2.15. The van der Waals surface area contributed by atoms with E-state index in [0.29, 0.717) is 4.99 Å². The van der Waals surface area contributed by atoms with Crippen molar-refractivity contribution in [3.05, 3.63) is 0 Å². The van der Waals surface area contributed by atoms with Gasteiger partial charge >= 0.3 is 0 Å². The zero-order valence-electron chi connectivity index (χ0n) is 5.39. The third-order valence-electron chi connectivity index (χ3n) is 0.877. The molecule has 9 heavy (non-hydrogen) atoms. The van der Waals surface area contributed by atoms with Gasteiger partial charge in [0, 0.05) is 6.42 Å². The predicted octanol–water partition coefficient (Wildman–Crippen LogP) is 1.44. The first-order chi connectivity index (χ1) is 4.31. The normalized spacial score (nSPS) is 9.11. The summed E-state index contributed by atoms with van der Waals surface area (Å²) >= 11 is 6.48. The number of hydrogen-bond acceptors (Lipinski definition) is 3. The van der Waals surface area contributed by atoms with Crippen molar-refractivity contribution in [2.75, 3.05) is 12.0 Å². The smallest absolute Gasteiger partial charge is 0.100 e. The summed E-state index contributed by atoms with van der Waals surface area (Å²) in [5, 5.41) is 8.24. The van der Waals surface area contributed by atoms with Gasteiger partial charge < -0.3 is 0 Å². The van der Waals surface area contributed by atoms with Gasteiger partial charge in [-0.05, 0) is 18.4 Å². The summed E-state index contributed by atoms with van der Waals surface area (Å²) in [7, 11) is 0. The molecule has 0 spiro atoms. The molecule has 0 aliphatic rings. The van der Waals surface area contributed by atoms with E-state index in [1.54, 1.807) is 11.8 Å². The van der Waals surface area contributed by atoms with Crippen molar-refractivity contribution in [2.45, 2.75) is 12.8 Å². The maximum absolute atomic E-state index is 8.24. The summed E-state index contributed by atoms with van der Waals surface area (Å²) < 4.78 is 0. The lowest BCUT2D eigenvalue weighted by atomic mass is 10.3. The molecule has 0 atom stereocenters. The first kappa shape index (κ1) is 9.20. The Morgan fingerprint density at radius 1 is 1.78 bits per heavy atom. The highest BCUT2D eigenvalue weighted by molar-refractivity contribution is 7.98. The minimum absolute atomic E-state index is 0.532. The molecule has 0 amide bonds. The Hall–Kier alpha value is 0.200. The number of thiocarbonyl (C=S) groups is 1. The van der Waals surface area contributed by atoms with Crippen LogP contribution in [-0.4, -0.2) is 22.2 Å². The fourth-order valence-electron chi connectivity index (χ4n) is 0.433. The summed E-state index contributed by atoms with van der Waals surface area (Å²) in [4.78, 5) is 0.532. The lowest BCUT2D eigenvalue weighted by Gasteiger charge is -1.98. The highest BCUT2D eigenvalue weighted by Crippen LogP contribution is 1.98. The van der Waals surface area contributed by atoms with Gasteiger partial charge in [-0.25, -0.2) is 0 Å². The molecule has 54 valence electrons. The Bertz CT molecular complexity index is 87.0. The van der Waals surface area contributed by atoms with Crippen LogP contribution in [0.3, 0.4) is 0 Å². The predicted molar refractivity (Wildman–Crippen MR) is 45.1 cm³/mol. The number of rotatable bonds is 4. The summed E-state index contributed by atoms with van der Waals surface area (Å²) in [6, 6.07) is 0. The van der Waals surface area contributed by atoms with Crippen molar-refractivity contribution in [1.82, 2.24) is 5.48 Å². The van der Waals surface area contributed by atoms with Gasteiger partial charge in [0.2, 0.25) is 0 Å². The Morgan fingerprint density at radius 3 is 2.89 bits per heavy atom. The standard InChI is InChI=1S/C5H11NOS2/c1-9-4-2-3-5(8)6-7/h7H,2-4H2,1H3,(H,6,8). The minimum Gasteiger partial charge on any atom is -0.291 e. The van der Waals surface area contributed by atoms with E-state index in [4.69, 9.17) is 17.4 Å². The number of nitrogens with one attached hydrogen (secondary N) is 1. The third kappa shape index (κ3) is 6.08. The van der Waals surface area contributed by atoms with E-state index >= 15 is 0 Å². The van der Waals surface area contributed by atoms with Gasteiger partial charge in [-0.2, -0.15) is 11.8 Å².